The number of thioether (sulfide) groups is 1. The molecule has 4 nitrogen and oxygen atoms in total. The predicted molar refractivity (Wildman–Crippen MR) is 65.9 cm³/mol. The fraction of sp³-hybridized carbons (Fsp3) is 0.300. The van der Waals surface area contributed by atoms with E-state index in [-0.39, 0.29) is 5.84 Å². The molecule has 0 radical (unpaired) electrons. The summed E-state index contributed by atoms with van der Waals surface area (Å²) in [5.74, 6) is 1.26. The topological polar surface area (TPSA) is 61.1 Å². The first-order chi connectivity index (χ1) is 7.34. The zero-order valence-corrected chi connectivity index (χ0v) is 9.42. The van der Waals surface area contributed by atoms with Gasteiger partial charge < -0.3 is 5.32 Å². The van der Waals surface area contributed by atoms with Crippen molar-refractivity contribution in [2.75, 3.05) is 18.6 Å². The summed E-state index contributed by atoms with van der Waals surface area (Å²) in [6.07, 6.45) is 6.92. The van der Waals surface area contributed by atoms with Crippen molar-refractivity contribution in [1.82, 2.24) is 10.3 Å². The molecule has 0 spiro atoms. The molecule has 0 bridgehead atoms. The van der Waals surface area contributed by atoms with Gasteiger partial charge in [0.2, 0.25) is 0 Å². The van der Waals surface area contributed by atoms with Crippen LogP contribution < -0.4 is 5.32 Å². The van der Waals surface area contributed by atoms with Crippen LogP contribution in [0.1, 0.15) is 5.56 Å². The van der Waals surface area contributed by atoms with Crippen LogP contribution in [0, 0.1) is 5.41 Å². The van der Waals surface area contributed by atoms with Crippen LogP contribution in [0.2, 0.25) is 0 Å². The lowest BCUT2D eigenvalue weighted by molar-refractivity contribution is 1.00. The van der Waals surface area contributed by atoms with E-state index in [2.05, 4.69) is 21.5 Å². The second-order valence-electron chi connectivity index (χ2n) is 2.80. The molecule has 0 unspecified atom stereocenters. The first-order valence-electron chi connectivity index (χ1n) is 4.58. The molecule has 0 aliphatic carbocycles. The summed E-state index contributed by atoms with van der Waals surface area (Å²) in [7, 11) is 0. The van der Waals surface area contributed by atoms with Crippen LogP contribution in [0.5, 0.6) is 0 Å². The van der Waals surface area contributed by atoms with Gasteiger partial charge in [0, 0.05) is 30.3 Å². The zero-order chi connectivity index (χ0) is 10.9. The van der Waals surface area contributed by atoms with Crippen molar-refractivity contribution in [3.63, 3.8) is 0 Å². The molecule has 0 fully saturated rings. The molecule has 0 amide bonds. The Morgan fingerprint density at radius 2 is 2.60 bits per heavy atom. The highest BCUT2D eigenvalue weighted by molar-refractivity contribution is 7.98. The molecule has 1 aromatic rings. The van der Waals surface area contributed by atoms with E-state index in [9.17, 15) is 0 Å². The Bertz CT molecular complexity index is 323. The third-order valence-corrected chi connectivity index (χ3v) is 2.28. The Hall–Kier alpha value is -1.36. The molecule has 15 heavy (non-hydrogen) atoms. The molecule has 80 valence electrons. The summed E-state index contributed by atoms with van der Waals surface area (Å²) in [6, 6.07) is 3.61. The van der Waals surface area contributed by atoms with Crippen molar-refractivity contribution in [3.8, 4) is 0 Å². The second-order valence-corrected chi connectivity index (χ2v) is 3.78. The van der Waals surface area contributed by atoms with E-state index in [0.29, 0.717) is 0 Å². The van der Waals surface area contributed by atoms with Crippen LogP contribution in [0.4, 0.5) is 0 Å². The minimum atomic E-state index is 0.222. The largest absolute Gasteiger partial charge is 0.375 e. The highest BCUT2D eigenvalue weighted by Gasteiger charge is 1.95. The van der Waals surface area contributed by atoms with Crippen molar-refractivity contribution in [1.29, 1.82) is 5.41 Å². The summed E-state index contributed by atoms with van der Waals surface area (Å²) in [6.45, 7) is 0.866. The predicted octanol–water partition coefficient (Wildman–Crippen LogP) is 1.39. The summed E-state index contributed by atoms with van der Waals surface area (Å²) >= 11 is 1.77. The van der Waals surface area contributed by atoms with Crippen molar-refractivity contribution in [3.05, 3.63) is 30.1 Å². The highest BCUT2D eigenvalue weighted by Crippen LogP contribution is 1.96. The number of rotatable bonds is 5. The van der Waals surface area contributed by atoms with Gasteiger partial charge in [-0.1, -0.05) is 0 Å². The molecule has 0 aromatic carbocycles. The Morgan fingerprint density at radius 1 is 1.73 bits per heavy atom. The first kappa shape index (κ1) is 11.7. The van der Waals surface area contributed by atoms with Gasteiger partial charge in [0.1, 0.15) is 0 Å². The number of nitrogens with zero attached hydrogens (tertiary/aromatic N) is 2. The van der Waals surface area contributed by atoms with Crippen LogP contribution in [0.25, 0.3) is 0 Å². The van der Waals surface area contributed by atoms with Crippen LogP contribution >= 0.6 is 11.8 Å². The Labute approximate surface area is 93.7 Å². The summed E-state index contributed by atoms with van der Waals surface area (Å²) in [4.78, 5) is 7.89. The van der Waals surface area contributed by atoms with Gasteiger partial charge in [-0.05, 0) is 18.4 Å². The fourth-order valence-electron chi connectivity index (χ4n) is 0.913. The number of hydrogen-bond acceptors (Lipinski definition) is 3. The van der Waals surface area contributed by atoms with E-state index in [1.54, 1.807) is 36.6 Å². The van der Waals surface area contributed by atoms with Crippen LogP contribution in [-0.4, -0.2) is 35.7 Å². The number of hydrogen-bond donors (Lipinski definition) is 2. The molecule has 0 atom stereocenters. The van der Waals surface area contributed by atoms with Gasteiger partial charge in [0.15, 0.2) is 5.84 Å². The SMILES string of the molecule is CSCCN/C=N\C(=N)c1cccnc1. The normalized spacial score (nSPS) is 10.5. The third-order valence-electron chi connectivity index (χ3n) is 1.67. The molecule has 0 saturated carbocycles. The summed E-state index contributed by atoms with van der Waals surface area (Å²) < 4.78 is 0. The Morgan fingerprint density at radius 3 is 3.27 bits per heavy atom. The number of amidine groups is 1. The van der Waals surface area contributed by atoms with Gasteiger partial charge in [0.25, 0.3) is 0 Å². The van der Waals surface area contributed by atoms with Gasteiger partial charge in [-0.15, -0.1) is 0 Å². The number of aliphatic imine (C=N–C) groups is 1. The molecular weight excluding hydrogens is 208 g/mol. The summed E-state index contributed by atoms with van der Waals surface area (Å²) in [5.41, 5.74) is 0.723. The van der Waals surface area contributed by atoms with Crippen molar-refractivity contribution in [2.24, 2.45) is 4.99 Å². The minimum Gasteiger partial charge on any atom is -0.375 e. The molecule has 5 heteroatoms. The minimum absolute atomic E-state index is 0.222. The van der Waals surface area contributed by atoms with Crippen molar-refractivity contribution < 1.29 is 0 Å². The van der Waals surface area contributed by atoms with Crippen LogP contribution in [0.3, 0.4) is 0 Å². The standard InChI is InChI=1S/C10H14N4S/c1-15-6-5-13-8-14-10(11)9-3-2-4-12-7-9/h2-4,7-8H,5-6H2,1H3,(H2,11,13,14). The van der Waals surface area contributed by atoms with Crippen molar-refractivity contribution in [2.45, 2.75) is 0 Å². The smallest absolute Gasteiger partial charge is 0.155 e. The number of nitrogens with one attached hydrogen (secondary N) is 2. The first-order valence-corrected chi connectivity index (χ1v) is 5.98. The number of pyridine rings is 1. The lowest BCUT2D eigenvalue weighted by Gasteiger charge is -1.98. The molecule has 0 aliphatic rings. The summed E-state index contributed by atoms with van der Waals surface area (Å²) in [5, 5.41) is 10.6. The van der Waals surface area contributed by atoms with Crippen molar-refractivity contribution >= 4 is 23.9 Å². The van der Waals surface area contributed by atoms with E-state index in [1.165, 1.54) is 0 Å². The second kappa shape index (κ2) is 7.00. The molecular formula is C10H14N4S. The zero-order valence-electron chi connectivity index (χ0n) is 8.60. The Balaban J connectivity index is 2.36. The van der Waals surface area contributed by atoms with Gasteiger partial charge in [0.05, 0.1) is 6.34 Å². The maximum atomic E-state index is 7.63. The lowest BCUT2D eigenvalue weighted by atomic mass is 10.3. The monoisotopic (exact) mass is 222 g/mol. The highest BCUT2D eigenvalue weighted by atomic mass is 32.2. The van der Waals surface area contributed by atoms with Gasteiger partial charge in [-0.25, -0.2) is 4.99 Å². The maximum absolute atomic E-state index is 7.63. The molecule has 2 N–H and O–H groups in total. The molecule has 0 aliphatic heterocycles. The molecule has 0 saturated heterocycles. The quantitative estimate of drug-likeness (QED) is 0.449. The van der Waals surface area contributed by atoms with E-state index in [0.717, 1.165) is 17.9 Å². The average Bonchev–Trinajstić information content (AvgIpc) is 2.30. The van der Waals surface area contributed by atoms with Gasteiger partial charge in [-0.3, -0.25) is 10.4 Å². The van der Waals surface area contributed by atoms with E-state index in [4.69, 9.17) is 5.41 Å². The molecule has 1 aromatic heterocycles. The van der Waals surface area contributed by atoms with E-state index < -0.39 is 0 Å². The lowest BCUT2D eigenvalue weighted by Crippen LogP contribution is -2.15. The van der Waals surface area contributed by atoms with Gasteiger partial charge in [-0.2, -0.15) is 11.8 Å². The van der Waals surface area contributed by atoms with Gasteiger partial charge >= 0.3 is 0 Å². The van der Waals surface area contributed by atoms with Crippen LogP contribution in [0.15, 0.2) is 29.5 Å². The number of aromatic nitrogens is 1. The van der Waals surface area contributed by atoms with E-state index in [1.807, 2.05) is 6.07 Å². The fourth-order valence-corrected chi connectivity index (χ4v) is 1.24. The Kier molecular flexibility index (Phi) is 5.47. The third kappa shape index (κ3) is 4.60. The molecule has 1 rings (SSSR count). The van der Waals surface area contributed by atoms with E-state index >= 15 is 0 Å². The molecule has 1 heterocycles. The average molecular weight is 222 g/mol. The van der Waals surface area contributed by atoms with Crippen LogP contribution in [-0.2, 0) is 0 Å². The maximum Gasteiger partial charge on any atom is 0.155 e.